The smallest absolute Gasteiger partial charge is 0.410 e. The first-order chi connectivity index (χ1) is 11.7. The highest BCUT2D eigenvalue weighted by Gasteiger charge is 2.31. The van der Waals surface area contributed by atoms with E-state index in [-0.39, 0.29) is 24.5 Å². The fourth-order valence-corrected chi connectivity index (χ4v) is 3.13. The number of nitrogens with zero attached hydrogens (tertiary/aromatic N) is 2. The summed E-state index contributed by atoms with van der Waals surface area (Å²) in [6.07, 6.45) is 3.75. The van der Waals surface area contributed by atoms with Gasteiger partial charge in [-0.25, -0.2) is 4.79 Å². The lowest BCUT2D eigenvalue weighted by atomic mass is 9.85. The number of amides is 2. The lowest BCUT2D eigenvalue weighted by molar-refractivity contribution is -0.148. The third-order valence-corrected chi connectivity index (χ3v) is 4.49. The summed E-state index contributed by atoms with van der Waals surface area (Å²) in [7, 11) is 1.32. The topological polar surface area (TPSA) is 76.2 Å². The molecule has 7 nitrogen and oxygen atoms in total. The van der Waals surface area contributed by atoms with Crippen LogP contribution in [0.2, 0.25) is 0 Å². The molecule has 0 radical (unpaired) electrons. The van der Waals surface area contributed by atoms with Crippen molar-refractivity contribution < 1.29 is 23.9 Å². The maximum Gasteiger partial charge on any atom is 0.410 e. The minimum Gasteiger partial charge on any atom is -0.468 e. The molecular weight excluding hydrogens is 324 g/mol. The fraction of sp³-hybridized carbons (Fsp3) is 0.722. The number of hydrogen-bond donors (Lipinski definition) is 0. The first-order valence-electron chi connectivity index (χ1n) is 8.71. The number of hydrogen-bond acceptors (Lipinski definition) is 5. The Morgan fingerprint density at radius 2 is 2.00 bits per heavy atom. The number of piperidine rings is 1. The van der Waals surface area contributed by atoms with Gasteiger partial charge in [0.15, 0.2) is 0 Å². The van der Waals surface area contributed by atoms with Crippen molar-refractivity contribution in [3.8, 4) is 0 Å². The van der Waals surface area contributed by atoms with E-state index < -0.39 is 11.6 Å². The molecule has 2 aliphatic heterocycles. The number of esters is 1. The van der Waals surface area contributed by atoms with Crippen molar-refractivity contribution in [2.75, 3.05) is 33.3 Å². The molecule has 0 bridgehead atoms. The molecule has 0 aromatic rings. The zero-order valence-corrected chi connectivity index (χ0v) is 15.5. The number of likely N-dealkylation sites (tertiary alicyclic amines) is 1. The number of carbonyl (C=O) groups excluding carboxylic acids is 3. The Kier molecular flexibility index (Phi) is 6.08. The van der Waals surface area contributed by atoms with Crippen LogP contribution in [0.1, 0.15) is 40.0 Å². The fourth-order valence-electron chi connectivity index (χ4n) is 3.13. The van der Waals surface area contributed by atoms with E-state index in [1.54, 1.807) is 9.80 Å². The van der Waals surface area contributed by atoms with Crippen molar-refractivity contribution in [2.45, 2.75) is 45.6 Å². The van der Waals surface area contributed by atoms with E-state index in [2.05, 4.69) is 4.74 Å². The molecule has 2 amide bonds. The predicted molar refractivity (Wildman–Crippen MR) is 91.8 cm³/mol. The Labute approximate surface area is 148 Å². The monoisotopic (exact) mass is 352 g/mol. The van der Waals surface area contributed by atoms with Crippen LogP contribution in [0.4, 0.5) is 4.79 Å². The molecule has 0 saturated carbocycles. The van der Waals surface area contributed by atoms with E-state index in [1.807, 2.05) is 26.8 Å². The van der Waals surface area contributed by atoms with Gasteiger partial charge in [0.2, 0.25) is 5.91 Å². The third kappa shape index (κ3) is 5.47. The molecule has 1 fully saturated rings. The second kappa shape index (κ2) is 7.89. The average molecular weight is 352 g/mol. The molecule has 7 heteroatoms. The lowest BCUT2D eigenvalue weighted by Crippen LogP contribution is -2.43. The van der Waals surface area contributed by atoms with Gasteiger partial charge in [-0.2, -0.15) is 0 Å². The van der Waals surface area contributed by atoms with E-state index in [0.717, 1.165) is 12.8 Å². The van der Waals surface area contributed by atoms with Crippen LogP contribution in [0.15, 0.2) is 11.6 Å². The molecule has 0 unspecified atom stereocenters. The van der Waals surface area contributed by atoms with Crippen LogP contribution in [0.3, 0.4) is 0 Å². The minimum absolute atomic E-state index is 0.0166. The van der Waals surface area contributed by atoms with Crippen LogP contribution >= 0.6 is 0 Å². The Balaban J connectivity index is 1.87. The highest BCUT2D eigenvalue weighted by atomic mass is 16.6. The number of rotatable bonds is 3. The number of carbonyl (C=O) groups is 3. The molecule has 0 aromatic heterocycles. The highest BCUT2D eigenvalue weighted by Crippen LogP contribution is 2.29. The molecule has 2 aliphatic rings. The van der Waals surface area contributed by atoms with Gasteiger partial charge in [-0.15, -0.1) is 0 Å². The van der Waals surface area contributed by atoms with E-state index >= 15 is 0 Å². The van der Waals surface area contributed by atoms with Crippen molar-refractivity contribution in [1.82, 2.24) is 9.80 Å². The minimum atomic E-state index is -0.500. The SMILES string of the molecule is COC(=O)CN1CC[C@H](C2=CCN(C(=O)OC(C)(C)C)CC2)CC1=O. The summed E-state index contributed by atoms with van der Waals surface area (Å²) in [5.41, 5.74) is 0.728. The summed E-state index contributed by atoms with van der Waals surface area (Å²) in [5, 5.41) is 0. The van der Waals surface area contributed by atoms with Gasteiger partial charge in [0, 0.05) is 26.1 Å². The molecule has 25 heavy (non-hydrogen) atoms. The van der Waals surface area contributed by atoms with Crippen LogP contribution in [0, 0.1) is 5.92 Å². The van der Waals surface area contributed by atoms with Crippen molar-refractivity contribution in [3.63, 3.8) is 0 Å². The summed E-state index contributed by atoms with van der Waals surface area (Å²) in [5.74, 6) is -0.212. The molecule has 0 N–H and O–H groups in total. The van der Waals surface area contributed by atoms with Gasteiger partial charge in [-0.1, -0.05) is 11.6 Å². The second-order valence-electron chi connectivity index (χ2n) is 7.54. The van der Waals surface area contributed by atoms with E-state index in [9.17, 15) is 14.4 Å². The van der Waals surface area contributed by atoms with Crippen LogP contribution in [0.5, 0.6) is 0 Å². The van der Waals surface area contributed by atoms with Gasteiger partial charge in [-0.3, -0.25) is 9.59 Å². The largest absolute Gasteiger partial charge is 0.468 e. The van der Waals surface area contributed by atoms with Crippen LogP contribution < -0.4 is 0 Å². The Hall–Kier alpha value is -2.05. The zero-order valence-electron chi connectivity index (χ0n) is 15.5. The van der Waals surface area contributed by atoms with Crippen LogP contribution in [0.25, 0.3) is 0 Å². The Morgan fingerprint density at radius 3 is 2.52 bits per heavy atom. The maximum atomic E-state index is 12.2. The maximum absolute atomic E-state index is 12.2. The average Bonchev–Trinajstić information content (AvgIpc) is 2.55. The van der Waals surface area contributed by atoms with Gasteiger partial charge < -0.3 is 19.3 Å². The summed E-state index contributed by atoms with van der Waals surface area (Å²) in [6.45, 7) is 7.26. The summed E-state index contributed by atoms with van der Waals surface area (Å²) in [4.78, 5) is 38.9. The van der Waals surface area contributed by atoms with E-state index in [0.29, 0.717) is 26.1 Å². The van der Waals surface area contributed by atoms with Gasteiger partial charge >= 0.3 is 12.1 Å². The number of ether oxygens (including phenoxy) is 2. The second-order valence-corrected chi connectivity index (χ2v) is 7.54. The molecule has 1 saturated heterocycles. The predicted octanol–water partition coefficient (Wildman–Crippen LogP) is 1.97. The molecular formula is C18H28N2O5. The molecule has 0 spiro atoms. The molecule has 2 heterocycles. The van der Waals surface area contributed by atoms with Crippen molar-refractivity contribution in [1.29, 1.82) is 0 Å². The van der Waals surface area contributed by atoms with E-state index in [4.69, 9.17) is 4.74 Å². The highest BCUT2D eigenvalue weighted by molar-refractivity contribution is 5.83. The van der Waals surface area contributed by atoms with Crippen LogP contribution in [-0.4, -0.2) is 66.7 Å². The number of methoxy groups -OCH3 is 1. The standard InChI is InChI=1S/C18H28N2O5/c1-18(2,3)25-17(23)19-8-5-13(6-9-19)14-7-10-20(15(21)11-14)12-16(22)24-4/h5,14H,6-12H2,1-4H3/t14-/m0/s1. The summed E-state index contributed by atoms with van der Waals surface area (Å²) < 4.78 is 10.0. The van der Waals surface area contributed by atoms with E-state index in [1.165, 1.54) is 12.7 Å². The van der Waals surface area contributed by atoms with Gasteiger partial charge in [-0.05, 0) is 39.5 Å². The Bertz CT molecular complexity index is 564. The summed E-state index contributed by atoms with van der Waals surface area (Å²) >= 11 is 0. The lowest BCUT2D eigenvalue weighted by Gasteiger charge is -2.35. The summed E-state index contributed by atoms with van der Waals surface area (Å²) in [6, 6.07) is 0. The van der Waals surface area contributed by atoms with Gasteiger partial charge in [0.25, 0.3) is 0 Å². The zero-order chi connectivity index (χ0) is 18.6. The molecule has 0 aromatic carbocycles. The van der Waals surface area contributed by atoms with Gasteiger partial charge in [0.05, 0.1) is 7.11 Å². The van der Waals surface area contributed by atoms with Crippen molar-refractivity contribution >= 4 is 18.0 Å². The van der Waals surface area contributed by atoms with Crippen molar-refractivity contribution in [3.05, 3.63) is 11.6 Å². The normalized spacial score (nSPS) is 21.7. The van der Waals surface area contributed by atoms with Crippen LogP contribution in [-0.2, 0) is 19.1 Å². The molecule has 1 atom stereocenters. The van der Waals surface area contributed by atoms with Gasteiger partial charge in [0.1, 0.15) is 12.1 Å². The third-order valence-electron chi connectivity index (χ3n) is 4.49. The molecule has 2 rings (SSSR count). The first-order valence-corrected chi connectivity index (χ1v) is 8.71. The molecule has 0 aliphatic carbocycles. The Morgan fingerprint density at radius 1 is 1.28 bits per heavy atom. The van der Waals surface area contributed by atoms with Crippen molar-refractivity contribution in [2.24, 2.45) is 5.92 Å². The first kappa shape index (κ1) is 19.3. The quantitative estimate of drug-likeness (QED) is 0.573. The molecule has 140 valence electrons.